The van der Waals surface area contributed by atoms with Crippen molar-refractivity contribution in [2.45, 2.75) is 37.7 Å². The molecule has 0 aliphatic heterocycles. The SMILES string of the molecule is CN(CCC1(O)CCCC1)C(=O)C=Cc1nc2ccccc2s1. The van der Waals surface area contributed by atoms with E-state index in [1.807, 2.05) is 24.3 Å². The molecular weight excluding hydrogens is 308 g/mol. The average Bonchev–Trinajstić information content (AvgIpc) is 3.16. The fraction of sp³-hybridized carbons (Fsp3) is 0.444. The first-order valence-corrected chi connectivity index (χ1v) is 8.89. The number of amides is 1. The van der Waals surface area contributed by atoms with Gasteiger partial charge in [-0.05, 0) is 37.5 Å². The molecule has 1 fully saturated rings. The van der Waals surface area contributed by atoms with E-state index >= 15 is 0 Å². The van der Waals surface area contributed by atoms with Crippen LogP contribution in [0.3, 0.4) is 0 Å². The van der Waals surface area contributed by atoms with Crippen molar-refractivity contribution in [3.63, 3.8) is 0 Å². The highest BCUT2D eigenvalue weighted by atomic mass is 32.1. The summed E-state index contributed by atoms with van der Waals surface area (Å²) in [6.07, 6.45) is 7.89. The Hall–Kier alpha value is -1.72. The number of hydrogen-bond donors (Lipinski definition) is 1. The molecule has 2 aromatic rings. The number of hydrogen-bond acceptors (Lipinski definition) is 4. The number of para-hydroxylation sites is 1. The molecular formula is C18H22N2O2S. The van der Waals surface area contributed by atoms with E-state index in [-0.39, 0.29) is 5.91 Å². The normalized spacial score (nSPS) is 17.1. The predicted molar refractivity (Wildman–Crippen MR) is 94.3 cm³/mol. The van der Waals surface area contributed by atoms with Crippen molar-refractivity contribution >= 4 is 33.5 Å². The zero-order valence-corrected chi connectivity index (χ0v) is 14.2. The molecule has 1 N–H and O–H groups in total. The highest BCUT2D eigenvalue weighted by molar-refractivity contribution is 7.19. The number of thiazole rings is 1. The molecule has 1 saturated carbocycles. The quantitative estimate of drug-likeness (QED) is 0.854. The Labute approximate surface area is 140 Å². The van der Waals surface area contributed by atoms with Gasteiger partial charge < -0.3 is 10.0 Å². The van der Waals surface area contributed by atoms with Gasteiger partial charge in [0.15, 0.2) is 0 Å². The fourth-order valence-corrected chi connectivity index (χ4v) is 3.87. The summed E-state index contributed by atoms with van der Waals surface area (Å²) in [7, 11) is 1.78. The fourth-order valence-electron chi connectivity index (χ4n) is 3.00. The van der Waals surface area contributed by atoms with E-state index in [1.165, 1.54) is 0 Å². The van der Waals surface area contributed by atoms with Gasteiger partial charge in [0, 0.05) is 19.7 Å². The van der Waals surface area contributed by atoms with Gasteiger partial charge in [-0.2, -0.15) is 0 Å². The van der Waals surface area contributed by atoms with E-state index in [9.17, 15) is 9.90 Å². The smallest absolute Gasteiger partial charge is 0.246 e. The summed E-state index contributed by atoms with van der Waals surface area (Å²) in [6.45, 7) is 0.583. The van der Waals surface area contributed by atoms with Crippen molar-refractivity contribution in [2.24, 2.45) is 0 Å². The second kappa shape index (κ2) is 6.81. The summed E-state index contributed by atoms with van der Waals surface area (Å²) < 4.78 is 1.12. The van der Waals surface area contributed by atoms with Crippen molar-refractivity contribution in [1.29, 1.82) is 0 Å². The van der Waals surface area contributed by atoms with Crippen molar-refractivity contribution in [3.05, 3.63) is 35.3 Å². The van der Waals surface area contributed by atoms with Crippen LogP contribution in [0.1, 0.15) is 37.1 Å². The zero-order valence-electron chi connectivity index (χ0n) is 13.4. The van der Waals surface area contributed by atoms with Crippen LogP contribution in [0, 0.1) is 0 Å². The van der Waals surface area contributed by atoms with Crippen LogP contribution in [0.4, 0.5) is 0 Å². The van der Waals surface area contributed by atoms with Crippen LogP contribution in [0.15, 0.2) is 30.3 Å². The van der Waals surface area contributed by atoms with Gasteiger partial charge in [0.1, 0.15) is 5.01 Å². The van der Waals surface area contributed by atoms with E-state index in [4.69, 9.17) is 0 Å². The lowest BCUT2D eigenvalue weighted by molar-refractivity contribution is -0.125. The van der Waals surface area contributed by atoms with Crippen molar-refractivity contribution in [2.75, 3.05) is 13.6 Å². The molecule has 4 nitrogen and oxygen atoms in total. The molecule has 3 rings (SSSR count). The molecule has 0 saturated heterocycles. The highest BCUT2D eigenvalue weighted by Gasteiger charge is 2.31. The van der Waals surface area contributed by atoms with E-state index in [0.717, 1.165) is 40.9 Å². The molecule has 0 bridgehead atoms. The number of carbonyl (C=O) groups is 1. The van der Waals surface area contributed by atoms with Gasteiger partial charge in [0.2, 0.25) is 5.91 Å². The molecule has 0 atom stereocenters. The van der Waals surface area contributed by atoms with Crippen LogP contribution in [0.2, 0.25) is 0 Å². The number of aromatic nitrogens is 1. The molecule has 1 aliphatic rings. The standard InChI is InChI=1S/C18H22N2O2S/c1-20(13-12-18(22)10-4-5-11-18)17(21)9-8-16-19-14-6-2-3-7-15(14)23-16/h2-3,6-9,22H,4-5,10-13H2,1H3. The largest absolute Gasteiger partial charge is 0.390 e. The van der Waals surface area contributed by atoms with Crippen LogP contribution < -0.4 is 0 Å². The lowest BCUT2D eigenvalue weighted by atomic mass is 9.98. The Bertz CT molecular complexity index is 684. The molecule has 1 amide bonds. The lowest BCUT2D eigenvalue weighted by Crippen LogP contribution is -2.33. The second-order valence-corrected chi connectivity index (χ2v) is 7.36. The second-order valence-electron chi connectivity index (χ2n) is 6.29. The first kappa shape index (κ1) is 16.1. The Kier molecular flexibility index (Phi) is 4.78. The third-order valence-electron chi connectivity index (χ3n) is 4.50. The highest BCUT2D eigenvalue weighted by Crippen LogP contribution is 2.32. The maximum absolute atomic E-state index is 12.2. The van der Waals surface area contributed by atoms with Gasteiger partial charge in [0.05, 0.1) is 15.8 Å². The molecule has 1 aromatic heterocycles. The van der Waals surface area contributed by atoms with Crippen molar-refractivity contribution < 1.29 is 9.90 Å². The van der Waals surface area contributed by atoms with Gasteiger partial charge in [-0.3, -0.25) is 4.79 Å². The molecule has 0 spiro atoms. The molecule has 1 aromatic carbocycles. The summed E-state index contributed by atoms with van der Waals surface area (Å²) in [5.41, 5.74) is 0.395. The topological polar surface area (TPSA) is 53.4 Å². The third kappa shape index (κ3) is 3.98. The molecule has 23 heavy (non-hydrogen) atoms. The van der Waals surface area contributed by atoms with Gasteiger partial charge in [-0.1, -0.05) is 25.0 Å². The van der Waals surface area contributed by atoms with Crippen molar-refractivity contribution in [1.82, 2.24) is 9.88 Å². The van der Waals surface area contributed by atoms with Gasteiger partial charge in [0.25, 0.3) is 0 Å². The minimum atomic E-state index is -0.564. The average molecular weight is 330 g/mol. The minimum absolute atomic E-state index is 0.0501. The van der Waals surface area contributed by atoms with Gasteiger partial charge in [-0.15, -0.1) is 11.3 Å². The van der Waals surface area contributed by atoms with E-state index < -0.39 is 5.60 Å². The monoisotopic (exact) mass is 330 g/mol. The summed E-state index contributed by atoms with van der Waals surface area (Å²) in [6, 6.07) is 7.95. The Morgan fingerprint density at radius 2 is 2.13 bits per heavy atom. The Morgan fingerprint density at radius 3 is 2.87 bits per heavy atom. The Balaban J connectivity index is 1.57. The number of benzene rings is 1. The summed E-state index contributed by atoms with van der Waals surface area (Å²) in [5.74, 6) is -0.0501. The molecule has 0 radical (unpaired) electrons. The summed E-state index contributed by atoms with van der Waals surface area (Å²) >= 11 is 1.58. The lowest BCUT2D eigenvalue weighted by Gasteiger charge is -2.25. The zero-order chi connectivity index (χ0) is 16.3. The predicted octanol–water partition coefficient (Wildman–Crippen LogP) is 3.46. The number of aliphatic hydroxyl groups is 1. The molecule has 5 heteroatoms. The molecule has 122 valence electrons. The van der Waals surface area contributed by atoms with Crippen molar-refractivity contribution in [3.8, 4) is 0 Å². The summed E-state index contributed by atoms with van der Waals surface area (Å²) in [4.78, 5) is 18.3. The first-order valence-electron chi connectivity index (χ1n) is 8.07. The van der Waals surface area contributed by atoms with Crippen LogP contribution in [-0.4, -0.2) is 40.1 Å². The van der Waals surface area contributed by atoms with Crippen LogP contribution >= 0.6 is 11.3 Å². The maximum atomic E-state index is 12.2. The van der Waals surface area contributed by atoms with E-state index in [1.54, 1.807) is 35.4 Å². The van der Waals surface area contributed by atoms with Gasteiger partial charge in [-0.25, -0.2) is 4.98 Å². The minimum Gasteiger partial charge on any atom is -0.390 e. The number of rotatable bonds is 5. The molecule has 1 aliphatic carbocycles. The van der Waals surface area contributed by atoms with E-state index in [0.29, 0.717) is 13.0 Å². The van der Waals surface area contributed by atoms with E-state index in [2.05, 4.69) is 4.98 Å². The van der Waals surface area contributed by atoms with Gasteiger partial charge >= 0.3 is 0 Å². The number of carbonyl (C=O) groups excluding carboxylic acids is 1. The number of likely N-dealkylation sites (N-methyl/N-ethyl adjacent to an activating group) is 1. The summed E-state index contributed by atoms with van der Waals surface area (Å²) in [5, 5.41) is 11.2. The molecule has 0 unspecified atom stereocenters. The van der Waals surface area contributed by atoms with Crippen LogP contribution in [0.5, 0.6) is 0 Å². The number of nitrogens with zero attached hydrogens (tertiary/aromatic N) is 2. The maximum Gasteiger partial charge on any atom is 0.246 e. The molecule has 1 heterocycles. The Morgan fingerprint density at radius 1 is 1.39 bits per heavy atom. The number of fused-ring (bicyclic) bond motifs is 1. The first-order chi connectivity index (χ1) is 11.1. The van der Waals surface area contributed by atoms with Crippen LogP contribution in [0.25, 0.3) is 16.3 Å². The van der Waals surface area contributed by atoms with Crippen LogP contribution in [-0.2, 0) is 4.79 Å². The third-order valence-corrected chi connectivity index (χ3v) is 5.50.